The number of nitrogens with one attached hydrogen (secondary N) is 1. The molecule has 0 spiro atoms. The maximum atomic E-state index is 12.3. The smallest absolute Gasteiger partial charge is 0.410 e. The number of aromatic nitrogens is 1. The average molecular weight is 340 g/mol. The van der Waals surface area contributed by atoms with Crippen LogP contribution in [0.15, 0.2) is 5.38 Å². The normalized spacial score (nSPS) is 19.0. The first-order valence-electron chi connectivity index (χ1n) is 8.46. The number of nitrogens with zero attached hydrogens (tertiary/aromatic N) is 2. The van der Waals surface area contributed by atoms with Gasteiger partial charge in [0.2, 0.25) is 0 Å². The molecule has 2 rings (SSSR count). The number of hydrogen-bond acceptors (Lipinski definition) is 5. The minimum Gasteiger partial charge on any atom is -0.444 e. The first kappa shape index (κ1) is 18.2. The van der Waals surface area contributed by atoms with Crippen LogP contribution in [0.2, 0.25) is 0 Å². The Balaban J connectivity index is 1.78. The number of hydrogen-bond donors (Lipinski definition) is 1. The molecule has 0 radical (unpaired) electrons. The van der Waals surface area contributed by atoms with E-state index in [1.54, 1.807) is 11.3 Å². The molecule has 1 N–H and O–H groups in total. The zero-order valence-corrected chi connectivity index (χ0v) is 15.5. The summed E-state index contributed by atoms with van der Waals surface area (Å²) in [6.07, 6.45) is 4.04. The van der Waals surface area contributed by atoms with Gasteiger partial charge in [0.05, 0.1) is 10.7 Å². The van der Waals surface area contributed by atoms with Gasteiger partial charge in [-0.15, -0.1) is 11.3 Å². The Kier molecular flexibility index (Phi) is 6.41. The van der Waals surface area contributed by atoms with E-state index < -0.39 is 5.60 Å². The Hall–Kier alpha value is -1.14. The van der Waals surface area contributed by atoms with E-state index in [1.807, 2.05) is 32.6 Å². The molecule has 23 heavy (non-hydrogen) atoms. The lowest BCUT2D eigenvalue weighted by atomic mass is 10.0. The summed E-state index contributed by atoms with van der Waals surface area (Å²) in [5.41, 5.74) is 0.710. The van der Waals surface area contributed by atoms with E-state index >= 15 is 0 Å². The van der Waals surface area contributed by atoms with Crippen molar-refractivity contribution in [2.45, 2.75) is 65.0 Å². The minimum absolute atomic E-state index is 0.181. The largest absolute Gasteiger partial charge is 0.444 e. The van der Waals surface area contributed by atoms with E-state index in [0.29, 0.717) is 0 Å². The summed E-state index contributed by atoms with van der Waals surface area (Å²) in [7, 11) is 0. The number of rotatable bonds is 5. The number of ether oxygens (including phenoxy) is 1. The van der Waals surface area contributed by atoms with Crippen LogP contribution >= 0.6 is 11.3 Å². The second kappa shape index (κ2) is 8.11. The third-order valence-corrected chi connectivity index (χ3v) is 4.68. The highest BCUT2D eigenvalue weighted by Gasteiger charge is 2.30. The number of piperidine rings is 1. The topological polar surface area (TPSA) is 54.5 Å². The lowest BCUT2D eigenvalue weighted by Crippen LogP contribution is -2.50. The van der Waals surface area contributed by atoms with E-state index in [-0.39, 0.29) is 12.1 Å². The summed E-state index contributed by atoms with van der Waals surface area (Å²) in [5, 5.41) is 6.71. The number of aryl methyl sites for hydroxylation is 1. The lowest BCUT2D eigenvalue weighted by molar-refractivity contribution is 0.00999. The van der Waals surface area contributed by atoms with Crippen LogP contribution in [0.1, 0.15) is 50.7 Å². The highest BCUT2D eigenvalue weighted by molar-refractivity contribution is 7.09. The van der Waals surface area contributed by atoms with E-state index in [0.717, 1.165) is 49.6 Å². The van der Waals surface area contributed by atoms with Crippen LogP contribution in [0.4, 0.5) is 4.79 Å². The molecule has 1 aliphatic rings. The summed E-state index contributed by atoms with van der Waals surface area (Å²) in [6.45, 7) is 10.3. The quantitative estimate of drug-likeness (QED) is 0.836. The highest BCUT2D eigenvalue weighted by atomic mass is 32.1. The van der Waals surface area contributed by atoms with Crippen molar-refractivity contribution >= 4 is 17.4 Å². The Bertz CT molecular complexity index is 510. The van der Waals surface area contributed by atoms with Gasteiger partial charge >= 0.3 is 6.09 Å². The van der Waals surface area contributed by atoms with E-state index in [2.05, 4.69) is 15.7 Å². The van der Waals surface area contributed by atoms with Crippen LogP contribution in [0.5, 0.6) is 0 Å². The molecule has 6 heteroatoms. The van der Waals surface area contributed by atoms with Crippen molar-refractivity contribution in [1.29, 1.82) is 0 Å². The van der Waals surface area contributed by atoms with Crippen LogP contribution in [0.25, 0.3) is 0 Å². The molecule has 1 fully saturated rings. The van der Waals surface area contributed by atoms with Crippen molar-refractivity contribution in [2.75, 3.05) is 19.6 Å². The van der Waals surface area contributed by atoms with Gasteiger partial charge in [0.25, 0.3) is 0 Å². The second-order valence-corrected chi connectivity index (χ2v) is 8.20. The predicted octanol–water partition coefficient (Wildman–Crippen LogP) is 3.37. The molecule has 1 aromatic rings. The van der Waals surface area contributed by atoms with Gasteiger partial charge < -0.3 is 15.0 Å². The van der Waals surface area contributed by atoms with E-state index in [1.165, 1.54) is 6.42 Å². The maximum Gasteiger partial charge on any atom is 0.410 e. The van der Waals surface area contributed by atoms with Gasteiger partial charge in [-0.3, -0.25) is 0 Å². The Morgan fingerprint density at radius 1 is 1.48 bits per heavy atom. The first-order chi connectivity index (χ1) is 10.8. The van der Waals surface area contributed by atoms with Crippen LogP contribution in [-0.4, -0.2) is 47.3 Å². The summed E-state index contributed by atoms with van der Waals surface area (Å²) in [6, 6.07) is 0.232. The molecule has 0 bridgehead atoms. The third kappa shape index (κ3) is 6.11. The molecule has 130 valence electrons. The molecule has 2 heterocycles. The zero-order chi connectivity index (χ0) is 16.9. The first-order valence-corrected chi connectivity index (χ1v) is 9.34. The molecule has 0 aromatic carbocycles. The van der Waals surface area contributed by atoms with Gasteiger partial charge in [0, 0.05) is 37.5 Å². The van der Waals surface area contributed by atoms with Gasteiger partial charge in [-0.05, 0) is 47.0 Å². The van der Waals surface area contributed by atoms with Crippen molar-refractivity contribution in [1.82, 2.24) is 15.2 Å². The van der Waals surface area contributed by atoms with Gasteiger partial charge in [0.15, 0.2) is 0 Å². The van der Waals surface area contributed by atoms with Crippen LogP contribution in [-0.2, 0) is 11.2 Å². The molecule has 1 unspecified atom stereocenters. The summed E-state index contributed by atoms with van der Waals surface area (Å²) in [4.78, 5) is 18.7. The standard InChI is InChI=1S/C17H29N3O2S/c1-13-19-14(12-23-13)8-9-18-11-15-7-5-6-10-20(15)16(21)22-17(2,3)4/h12,15,18H,5-11H2,1-4H3. The molecule has 0 saturated carbocycles. The number of amides is 1. The SMILES string of the molecule is Cc1nc(CCNCC2CCCCN2C(=O)OC(C)(C)C)cs1. The van der Waals surface area contributed by atoms with Gasteiger partial charge in [-0.25, -0.2) is 9.78 Å². The molecule has 1 amide bonds. The molecular weight excluding hydrogens is 310 g/mol. The molecule has 1 atom stereocenters. The predicted molar refractivity (Wildman–Crippen MR) is 94.0 cm³/mol. The van der Waals surface area contributed by atoms with Gasteiger partial charge in [-0.1, -0.05) is 0 Å². The number of carbonyl (C=O) groups is 1. The minimum atomic E-state index is -0.436. The van der Waals surface area contributed by atoms with E-state index in [4.69, 9.17) is 4.74 Å². The fourth-order valence-corrected chi connectivity index (χ4v) is 3.43. The lowest BCUT2D eigenvalue weighted by Gasteiger charge is -2.36. The molecule has 1 aromatic heterocycles. The highest BCUT2D eigenvalue weighted by Crippen LogP contribution is 2.20. The molecule has 1 aliphatic heterocycles. The van der Waals surface area contributed by atoms with Crippen molar-refractivity contribution in [2.24, 2.45) is 0 Å². The van der Waals surface area contributed by atoms with E-state index in [9.17, 15) is 4.79 Å². The zero-order valence-electron chi connectivity index (χ0n) is 14.7. The average Bonchev–Trinajstić information content (AvgIpc) is 2.88. The van der Waals surface area contributed by atoms with Crippen molar-refractivity contribution in [3.05, 3.63) is 16.1 Å². The molecular formula is C17H29N3O2S. The van der Waals surface area contributed by atoms with Crippen molar-refractivity contribution in [3.63, 3.8) is 0 Å². The Morgan fingerprint density at radius 3 is 2.91 bits per heavy atom. The fourth-order valence-electron chi connectivity index (χ4n) is 2.78. The summed E-state index contributed by atoms with van der Waals surface area (Å²) < 4.78 is 5.54. The molecule has 5 nitrogen and oxygen atoms in total. The fraction of sp³-hybridized carbons (Fsp3) is 0.765. The summed E-state index contributed by atoms with van der Waals surface area (Å²) in [5.74, 6) is 0. The van der Waals surface area contributed by atoms with Crippen molar-refractivity contribution in [3.8, 4) is 0 Å². The third-order valence-electron chi connectivity index (χ3n) is 3.86. The van der Waals surface area contributed by atoms with Crippen LogP contribution in [0, 0.1) is 6.92 Å². The Labute approximate surface area is 143 Å². The number of likely N-dealkylation sites (tertiary alicyclic amines) is 1. The Morgan fingerprint density at radius 2 is 2.26 bits per heavy atom. The molecule has 0 aliphatic carbocycles. The van der Waals surface area contributed by atoms with Gasteiger partial charge in [-0.2, -0.15) is 0 Å². The summed E-state index contributed by atoms with van der Waals surface area (Å²) >= 11 is 1.69. The molecule has 1 saturated heterocycles. The monoisotopic (exact) mass is 339 g/mol. The van der Waals surface area contributed by atoms with Crippen LogP contribution < -0.4 is 5.32 Å². The number of carbonyl (C=O) groups excluding carboxylic acids is 1. The second-order valence-electron chi connectivity index (χ2n) is 7.14. The van der Waals surface area contributed by atoms with Crippen molar-refractivity contribution < 1.29 is 9.53 Å². The maximum absolute atomic E-state index is 12.3. The van der Waals surface area contributed by atoms with Gasteiger partial charge in [0.1, 0.15) is 5.60 Å². The number of thiazole rings is 1. The van der Waals surface area contributed by atoms with Crippen LogP contribution in [0.3, 0.4) is 0 Å².